The molecule has 3 rings (SSSR count). The second-order valence-corrected chi connectivity index (χ2v) is 7.45. The van der Waals surface area contributed by atoms with Crippen LogP contribution in [0.1, 0.15) is 17.3 Å². The van der Waals surface area contributed by atoms with Crippen molar-refractivity contribution >= 4 is 46.3 Å². The third kappa shape index (κ3) is 5.45. The van der Waals surface area contributed by atoms with Crippen LogP contribution < -0.4 is 10.2 Å². The molecule has 0 aromatic heterocycles. The van der Waals surface area contributed by atoms with E-state index in [1.807, 2.05) is 24.3 Å². The molecule has 1 aliphatic rings. The molecular formula is C20H21Cl2N3O2. The van der Waals surface area contributed by atoms with Gasteiger partial charge in [-0.3, -0.25) is 14.5 Å². The topological polar surface area (TPSA) is 52.7 Å². The third-order valence-electron chi connectivity index (χ3n) is 4.52. The van der Waals surface area contributed by atoms with E-state index in [0.717, 1.165) is 37.4 Å². The van der Waals surface area contributed by atoms with Crippen molar-refractivity contribution in [2.75, 3.05) is 42.9 Å². The van der Waals surface area contributed by atoms with E-state index in [1.54, 1.807) is 25.1 Å². The summed E-state index contributed by atoms with van der Waals surface area (Å²) < 4.78 is 0. The van der Waals surface area contributed by atoms with E-state index >= 15 is 0 Å². The van der Waals surface area contributed by atoms with Crippen LogP contribution in [-0.2, 0) is 4.79 Å². The normalized spacial score (nSPS) is 14.9. The Hall–Kier alpha value is -2.08. The highest BCUT2D eigenvalue weighted by Crippen LogP contribution is 2.22. The molecule has 0 aliphatic carbocycles. The van der Waals surface area contributed by atoms with Gasteiger partial charge in [-0.2, -0.15) is 0 Å². The maximum absolute atomic E-state index is 12.3. The first-order valence-electron chi connectivity index (χ1n) is 8.75. The minimum atomic E-state index is -0.0902. The van der Waals surface area contributed by atoms with Crippen LogP contribution in [0.3, 0.4) is 0 Å². The van der Waals surface area contributed by atoms with Crippen molar-refractivity contribution in [3.05, 3.63) is 58.1 Å². The number of halogens is 2. The molecule has 1 amide bonds. The van der Waals surface area contributed by atoms with Gasteiger partial charge in [0, 0.05) is 53.2 Å². The van der Waals surface area contributed by atoms with E-state index in [9.17, 15) is 9.59 Å². The predicted octanol–water partition coefficient (Wildman–Crippen LogP) is 3.96. The van der Waals surface area contributed by atoms with Gasteiger partial charge in [0.1, 0.15) is 0 Å². The highest BCUT2D eigenvalue weighted by molar-refractivity contribution is 6.35. The monoisotopic (exact) mass is 405 g/mol. The summed E-state index contributed by atoms with van der Waals surface area (Å²) in [6.07, 6.45) is 0. The molecule has 0 unspecified atom stereocenters. The van der Waals surface area contributed by atoms with Crippen molar-refractivity contribution in [2.45, 2.75) is 6.92 Å². The molecule has 0 atom stereocenters. The number of piperazine rings is 1. The molecule has 0 saturated carbocycles. The Labute approximate surface area is 168 Å². The molecule has 2 aromatic rings. The zero-order valence-electron chi connectivity index (χ0n) is 15.0. The van der Waals surface area contributed by atoms with Crippen LogP contribution in [-0.4, -0.2) is 49.3 Å². The molecule has 1 N–H and O–H groups in total. The van der Waals surface area contributed by atoms with Gasteiger partial charge in [-0.1, -0.05) is 23.2 Å². The first kappa shape index (κ1) is 19.7. The second kappa shape index (κ2) is 8.74. The van der Waals surface area contributed by atoms with E-state index in [2.05, 4.69) is 15.1 Å². The number of anilines is 2. The van der Waals surface area contributed by atoms with Gasteiger partial charge in [0.05, 0.1) is 6.54 Å². The zero-order valence-corrected chi connectivity index (χ0v) is 16.6. The first-order chi connectivity index (χ1) is 12.9. The molecule has 142 valence electrons. The van der Waals surface area contributed by atoms with E-state index in [0.29, 0.717) is 22.3 Å². The van der Waals surface area contributed by atoms with Crippen LogP contribution in [0.15, 0.2) is 42.5 Å². The lowest BCUT2D eigenvalue weighted by atomic mass is 10.1. The molecule has 1 fully saturated rings. The summed E-state index contributed by atoms with van der Waals surface area (Å²) in [7, 11) is 0. The number of Topliss-reactive ketones (excluding diaryl/α,β-unsaturated/α-hetero) is 1. The number of benzene rings is 2. The number of hydrogen-bond donors (Lipinski definition) is 1. The average molecular weight is 406 g/mol. The Bertz CT molecular complexity index is 811. The highest BCUT2D eigenvalue weighted by atomic mass is 35.5. The number of carbonyl (C=O) groups is 2. The van der Waals surface area contributed by atoms with Crippen molar-refractivity contribution in [2.24, 2.45) is 0 Å². The maximum Gasteiger partial charge on any atom is 0.238 e. The molecule has 2 aromatic carbocycles. The Morgan fingerprint density at radius 3 is 2.11 bits per heavy atom. The Morgan fingerprint density at radius 1 is 0.963 bits per heavy atom. The number of hydrogen-bond acceptors (Lipinski definition) is 4. The van der Waals surface area contributed by atoms with Crippen molar-refractivity contribution in [1.29, 1.82) is 0 Å². The van der Waals surface area contributed by atoms with Crippen LogP contribution in [0.4, 0.5) is 11.4 Å². The van der Waals surface area contributed by atoms with Crippen LogP contribution in [0.25, 0.3) is 0 Å². The predicted molar refractivity (Wildman–Crippen MR) is 110 cm³/mol. The smallest absolute Gasteiger partial charge is 0.238 e. The Balaban J connectivity index is 1.50. The van der Waals surface area contributed by atoms with Crippen molar-refractivity contribution in [3.63, 3.8) is 0 Å². The third-order valence-corrected chi connectivity index (χ3v) is 4.96. The summed E-state index contributed by atoms with van der Waals surface area (Å²) in [5, 5.41) is 3.81. The SMILES string of the molecule is CC(=O)c1ccc(N2CCN(CC(=O)Nc3cc(Cl)cc(Cl)c3)CC2)cc1. The minimum absolute atomic E-state index is 0.0679. The number of ketones is 1. The van der Waals surface area contributed by atoms with Crippen molar-refractivity contribution < 1.29 is 9.59 Å². The molecule has 1 aliphatic heterocycles. The van der Waals surface area contributed by atoms with Gasteiger partial charge in [0.25, 0.3) is 0 Å². The highest BCUT2D eigenvalue weighted by Gasteiger charge is 2.19. The maximum atomic E-state index is 12.3. The largest absolute Gasteiger partial charge is 0.369 e. The van der Waals surface area contributed by atoms with E-state index in [-0.39, 0.29) is 11.7 Å². The quantitative estimate of drug-likeness (QED) is 0.764. The number of carbonyl (C=O) groups excluding carboxylic acids is 2. The standard InChI is InChI=1S/C20H21Cl2N3O2/c1-14(26)15-2-4-19(5-3-15)25-8-6-24(7-9-25)13-20(27)23-18-11-16(21)10-17(22)12-18/h2-5,10-12H,6-9,13H2,1H3,(H,23,27). The lowest BCUT2D eigenvalue weighted by Crippen LogP contribution is -2.48. The average Bonchev–Trinajstić information content (AvgIpc) is 2.61. The summed E-state index contributed by atoms with van der Waals surface area (Å²) in [6.45, 7) is 5.12. The molecule has 0 bridgehead atoms. The zero-order chi connectivity index (χ0) is 19.4. The van der Waals surface area contributed by atoms with E-state index in [1.165, 1.54) is 0 Å². The number of nitrogens with one attached hydrogen (secondary N) is 1. The molecule has 0 radical (unpaired) electrons. The fourth-order valence-corrected chi connectivity index (χ4v) is 3.63. The lowest BCUT2D eigenvalue weighted by molar-refractivity contribution is -0.117. The van der Waals surface area contributed by atoms with Crippen LogP contribution in [0.5, 0.6) is 0 Å². The van der Waals surface area contributed by atoms with Gasteiger partial charge in [0.15, 0.2) is 5.78 Å². The molecule has 0 spiro atoms. The van der Waals surface area contributed by atoms with Crippen LogP contribution in [0.2, 0.25) is 10.0 Å². The molecule has 5 nitrogen and oxygen atoms in total. The van der Waals surface area contributed by atoms with Gasteiger partial charge >= 0.3 is 0 Å². The molecule has 27 heavy (non-hydrogen) atoms. The summed E-state index contributed by atoms with van der Waals surface area (Å²) >= 11 is 11.9. The number of rotatable bonds is 5. The Kier molecular flexibility index (Phi) is 6.37. The van der Waals surface area contributed by atoms with Gasteiger partial charge in [-0.05, 0) is 49.4 Å². The second-order valence-electron chi connectivity index (χ2n) is 6.57. The fraction of sp³-hybridized carbons (Fsp3) is 0.300. The van der Waals surface area contributed by atoms with Crippen LogP contribution >= 0.6 is 23.2 Å². The minimum Gasteiger partial charge on any atom is -0.369 e. The lowest BCUT2D eigenvalue weighted by Gasteiger charge is -2.35. The van der Waals surface area contributed by atoms with Crippen molar-refractivity contribution in [1.82, 2.24) is 4.90 Å². The fourth-order valence-electron chi connectivity index (χ4n) is 3.10. The molecule has 1 heterocycles. The molecular weight excluding hydrogens is 385 g/mol. The first-order valence-corrected chi connectivity index (χ1v) is 9.50. The molecule has 7 heteroatoms. The summed E-state index contributed by atoms with van der Waals surface area (Å²) in [4.78, 5) is 28.0. The van der Waals surface area contributed by atoms with Crippen molar-refractivity contribution in [3.8, 4) is 0 Å². The number of amides is 1. The van der Waals surface area contributed by atoms with Crippen LogP contribution in [0, 0.1) is 0 Å². The molecule has 1 saturated heterocycles. The van der Waals surface area contributed by atoms with E-state index < -0.39 is 0 Å². The van der Waals surface area contributed by atoms with E-state index in [4.69, 9.17) is 23.2 Å². The summed E-state index contributed by atoms with van der Waals surface area (Å²) in [5.41, 5.74) is 2.41. The van der Waals surface area contributed by atoms with Gasteiger partial charge in [0.2, 0.25) is 5.91 Å². The Morgan fingerprint density at radius 2 is 1.56 bits per heavy atom. The van der Waals surface area contributed by atoms with Gasteiger partial charge in [-0.25, -0.2) is 0 Å². The van der Waals surface area contributed by atoms with Gasteiger partial charge < -0.3 is 10.2 Å². The summed E-state index contributed by atoms with van der Waals surface area (Å²) in [5.74, 6) is -0.0223. The number of nitrogens with zero attached hydrogens (tertiary/aromatic N) is 2. The van der Waals surface area contributed by atoms with Gasteiger partial charge in [-0.15, -0.1) is 0 Å². The summed E-state index contributed by atoms with van der Waals surface area (Å²) in [6, 6.07) is 12.6.